The summed E-state index contributed by atoms with van der Waals surface area (Å²) in [6, 6.07) is 0. The molecule has 2 heterocycles. The molecule has 2 unspecified atom stereocenters. The molecule has 2 aliphatic rings. The fourth-order valence-electron chi connectivity index (χ4n) is 5.21. The van der Waals surface area contributed by atoms with Gasteiger partial charge in [-0.25, -0.2) is 4.79 Å². The maximum atomic E-state index is 13.1. The summed E-state index contributed by atoms with van der Waals surface area (Å²) in [6.07, 6.45) is -2.32. The molecule has 0 radical (unpaired) electrons. The van der Waals surface area contributed by atoms with Gasteiger partial charge in [0.05, 0.1) is 30.5 Å². The van der Waals surface area contributed by atoms with Crippen LogP contribution in [0.3, 0.4) is 0 Å². The fraction of sp³-hybridized carbons (Fsp3) is 0.889. The number of methoxy groups -OCH3 is 3. The van der Waals surface area contributed by atoms with Crippen LogP contribution in [0.15, 0.2) is 11.6 Å². The average molecular weight is 533 g/mol. The summed E-state index contributed by atoms with van der Waals surface area (Å²) in [5, 5.41) is 43.6. The Morgan fingerprint density at radius 3 is 2.27 bits per heavy atom. The molecule has 10 nitrogen and oxygen atoms in total. The van der Waals surface area contributed by atoms with Crippen LogP contribution in [0.25, 0.3) is 0 Å². The number of fused-ring (bicyclic) bond motifs is 2. The number of hydrogen-bond donors (Lipinski definition) is 4. The first-order valence-electron chi connectivity index (χ1n) is 13.2. The van der Waals surface area contributed by atoms with Crippen molar-refractivity contribution in [3.05, 3.63) is 11.6 Å². The highest BCUT2D eigenvalue weighted by molar-refractivity contribution is 5.75. The molecular formula is C27H48O10. The monoisotopic (exact) mass is 532 g/mol. The second kappa shape index (κ2) is 13.8. The molecule has 216 valence electrons. The van der Waals surface area contributed by atoms with Crippen molar-refractivity contribution >= 4 is 5.97 Å². The Kier molecular flexibility index (Phi) is 12.0. The van der Waals surface area contributed by atoms with E-state index in [4.69, 9.17) is 23.7 Å². The molecule has 2 saturated heterocycles. The Labute approximate surface area is 220 Å². The van der Waals surface area contributed by atoms with Gasteiger partial charge in [-0.2, -0.15) is 0 Å². The predicted molar refractivity (Wildman–Crippen MR) is 136 cm³/mol. The van der Waals surface area contributed by atoms with Crippen LogP contribution >= 0.6 is 0 Å². The molecule has 10 heteroatoms. The van der Waals surface area contributed by atoms with Gasteiger partial charge in [-0.15, -0.1) is 0 Å². The van der Waals surface area contributed by atoms with Gasteiger partial charge < -0.3 is 44.1 Å². The van der Waals surface area contributed by atoms with E-state index in [0.29, 0.717) is 18.4 Å². The van der Waals surface area contributed by atoms with Crippen molar-refractivity contribution in [3.63, 3.8) is 0 Å². The maximum Gasteiger partial charge on any atom is 0.338 e. The van der Waals surface area contributed by atoms with Crippen LogP contribution in [-0.2, 0) is 28.5 Å². The number of aliphatic hydroxyl groups is 4. The van der Waals surface area contributed by atoms with E-state index in [2.05, 4.69) is 0 Å². The first-order valence-corrected chi connectivity index (χ1v) is 13.2. The second-order valence-electron chi connectivity index (χ2n) is 11.0. The lowest BCUT2D eigenvalue weighted by Crippen LogP contribution is -2.60. The van der Waals surface area contributed by atoms with Gasteiger partial charge in [0, 0.05) is 71.4 Å². The van der Waals surface area contributed by atoms with Crippen LogP contribution in [0, 0.1) is 11.3 Å². The molecule has 0 amide bonds. The Morgan fingerprint density at radius 2 is 1.73 bits per heavy atom. The van der Waals surface area contributed by atoms with E-state index in [1.807, 2.05) is 13.0 Å². The number of rotatable bonds is 7. The minimum absolute atomic E-state index is 0.0497. The molecule has 0 aliphatic carbocycles. The molecule has 0 aromatic rings. The largest absolute Gasteiger partial charge is 0.456 e. The fourth-order valence-corrected chi connectivity index (χ4v) is 5.21. The molecule has 9 atom stereocenters. The normalized spacial score (nSPS) is 38.9. The Morgan fingerprint density at radius 1 is 1.08 bits per heavy atom. The highest BCUT2D eigenvalue weighted by Gasteiger charge is 2.55. The van der Waals surface area contributed by atoms with E-state index >= 15 is 0 Å². The zero-order valence-corrected chi connectivity index (χ0v) is 23.4. The lowest BCUT2D eigenvalue weighted by molar-refractivity contribution is -0.340. The Balaban J connectivity index is 2.51. The first-order chi connectivity index (χ1) is 17.3. The van der Waals surface area contributed by atoms with Gasteiger partial charge in [0.1, 0.15) is 6.10 Å². The van der Waals surface area contributed by atoms with Crippen molar-refractivity contribution < 1.29 is 48.9 Å². The molecule has 2 fully saturated rings. The van der Waals surface area contributed by atoms with E-state index in [1.54, 1.807) is 27.9 Å². The van der Waals surface area contributed by atoms with Gasteiger partial charge in [-0.05, 0) is 18.9 Å². The summed E-state index contributed by atoms with van der Waals surface area (Å²) in [4.78, 5) is 13.1. The van der Waals surface area contributed by atoms with Crippen molar-refractivity contribution in [3.8, 4) is 0 Å². The van der Waals surface area contributed by atoms with E-state index in [-0.39, 0.29) is 44.3 Å². The number of ether oxygens (including phenoxy) is 5. The van der Waals surface area contributed by atoms with Gasteiger partial charge in [-0.1, -0.05) is 26.8 Å². The lowest BCUT2D eigenvalue weighted by atomic mass is 9.71. The Bertz CT molecular complexity index is 751. The van der Waals surface area contributed by atoms with Crippen LogP contribution in [0.5, 0.6) is 0 Å². The summed E-state index contributed by atoms with van der Waals surface area (Å²) in [6.45, 7) is 7.18. The molecule has 2 aliphatic heterocycles. The molecule has 0 aromatic carbocycles. The molecule has 2 bridgehead atoms. The molecule has 0 spiro atoms. The molecular weight excluding hydrogens is 484 g/mol. The number of cyclic esters (lactones) is 1. The van der Waals surface area contributed by atoms with E-state index in [1.165, 1.54) is 14.2 Å². The number of carbonyl (C=O) groups excluding carboxylic acids is 1. The number of esters is 1. The standard InChI is InChI=1S/C27H48O10/c1-8-17(15-28)9-16(2)21-11-18(33-5)13-23(29)26(3,4)27(32)14-20(34-6)10-19(37-27)12-22(35-7)24(30)25(31)36-21/h9,17-24,28-30,32H,8,10-15H2,1-7H3/b16-9+/t17-,18-,19-,20-,21+,22+,23?,24-,27?/m1/s1. The van der Waals surface area contributed by atoms with Gasteiger partial charge in [0.25, 0.3) is 0 Å². The van der Waals surface area contributed by atoms with Crippen LogP contribution in [0.1, 0.15) is 66.2 Å². The van der Waals surface area contributed by atoms with E-state index in [0.717, 1.165) is 0 Å². The Hall–Kier alpha value is -1.11. The topological polar surface area (TPSA) is 144 Å². The smallest absolute Gasteiger partial charge is 0.338 e. The minimum atomic E-state index is -1.74. The first kappa shape index (κ1) is 32.1. The van der Waals surface area contributed by atoms with Gasteiger partial charge in [-0.3, -0.25) is 0 Å². The zero-order chi connectivity index (χ0) is 28.0. The third-order valence-electron chi connectivity index (χ3n) is 8.28. The highest BCUT2D eigenvalue weighted by atomic mass is 16.6. The third-order valence-corrected chi connectivity index (χ3v) is 8.28. The van der Waals surface area contributed by atoms with Crippen molar-refractivity contribution in [2.45, 2.75) is 115 Å². The quantitative estimate of drug-likeness (QED) is 0.282. The van der Waals surface area contributed by atoms with Gasteiger partial charge >= 0.3 is 5.97 Å². The summed E-state index contributed by atoms with van der Waals surface area (Å²) in [5.41, 5.74) is -0.411. The number of hydrogen-bond acceptors (Lipinski definition) is 10. The molecule has 0 aromatic heterocycles. The van der Waals surface area contributed by atoms with Crippen molar-refractivity contribution in [2.75, 3.05) is 27.9 Å². The zero-order valence-electron chi connectivity index (χ0n) is 23.4. The number of aliphatic hydroxyl groups excluding tert-OH is 3. The van der Waals surface area contributed by atoms with Gasteiger partial charge in [0.15, 0.2) is 11.9 Å². The van der Waals surface area contributed by atoms with Crippen LogP contribution < -0.4 is 0 Å². The SMILES string of the molecule is CC[C@H](/C=C(\C)[C@@H]1C[C@@H](OC)CC(O)C(C)(C)C2(O)C[C@H](OC)C[C@H](C[C@H](OC)[C@@H](O)C(=O)O1)O2)CO. The summed E-state index contributed by atoms with van der Waals surface area (Å²) < 4.78 is 28.6. The molecule has 37 heavy (non-hydrogen) atoms. The average Bonchev–Trinajstić information content (AvgIpc) is 2.87. The van der Waals surface area contributed by atoms with E-state index < -0.39 is 53.8 Å². The highest BCUT2D eigenvalue weighted by Crippen LogP contribution is 2.46. The second-order valence-corrected chi connectivity index (χ2v) is 11.0. The molecule has 2 rings (SSSR count). The lowest BCUT2D eigenvalue weighted by Gasteiger charge is -2.51. The minimum Gasteiger partial charge on any atom is -0.456 e. The summed E-state index contributed by atoms with van der Waals surface area (Å²) >= 11 is 0. The van der Waals surface area contributed by atoms with Crippen LogP contribution in [0.2, 0.25) is 0 Å². The summed E-state index contributed by atoms with van der Waals surface area (Å²) in [5.74, 6) is -2.72. The number of carbonyl (C=O) groups is 1. The van der Waals surface area contributed by atoms with Crippen molar-refractivity contribution in [1.29, 1.82) is 0 Å². The summed E-state index contributed by atoms with van der Waals surface area (Å²) in [7, 11) is 4.44. The predicted octanol–water partition coefficient (Wildman–Crippen LogP) is 1.71. The van der Waals surface area contributed by atoms with Crippen LogP contribution in [0.4, 0.5) is 0 Å². The van der Waals surface area contributed by atoms with Gasteiger partial charge in [0.2, 0.25) is 0 Å². The van der Waals surface area contributed by atoms with Crippen molar-refractivity contribution in [1.82, 2.24) is 0 Å². The van der Waals surface area contributed by atoms with Crippen LogP contribution in [-0.4, -0.2) is 103 Å². The molecule has 0 saturated carbocycles. The van der Waals surface area contributed by atoms with Crippen molar-refractivity contribution in [2.24, 2.45) is 11.3 Å². The van der Waals surface area contributed by atoms with E-state index in [9.17, 15) is 25.2 Å². The molecule has 4 N–H and O–H groups in total. The maximum absolute atomic E-state index is 13.1. The third kappa shape index (κ3) is 7.73.